The van der Waals surface area contributed by atoms with E-state index in [1.807, 2.05) is 26.0 Å². The number of rotatable bonds is 8. The maximum absolute atomic E-state index is 12.8. The van der Waals surface area contributed by atoms with E-state index in [0.717, 1.165) is 29.3 Å². The molecule has 12 heteroatoms. The molecule has 2 heterocycles. The molecular weight excluding hydrogens is 481 g/mol. The van der Waals surface area contributed by atoms with Crippen molar-refractivity contribution in [1.82, 2.24) is 15.1 Å². The summed E-state index contributed by atoms with van der Waals surface area (Å²) >= 11 is 0. The zero-order valence-corrected chi connectivity index (χ0v) is 20.6. The van der Waals surface area contributed by atoms with Crippen molar-refractivity contribution >= 4 is 17.7 Å². The van der Waals surface area contributed by atoms with Crippen LogP contribution in [0.5, 0.6) is 0 Å². The second-order valence-corrected chi connectivity index (χ2v) is 9.04. The number of aryl methyl sites for hydroxylation is 1. The Bertz CT molecular complexity index is 1100. The van der Waals surface area contributed by atoms with Gasteiger partial charge < -0.3 is 24.7 Å². The molecule has 0 saturated carbocycles. The van der Waals surface area contributed by atoms with Gasteiger partial charge in [-0.05, 0) is 49.9 Å². The predicted octanol–water partition coefficient (Wildman–Crippen LogP) is 3.72. The number of ether oxygens (including phenoxy) is 1. The smallest absolute Gasteiger partial charge is 0.425 e. The molecule has 2 aromatic rings. The van der Waals surface area contributed by atoms with Gasteiger partial charge in [-0.3, -0.25) is 4.90 Å². The summed E-state index contributed by atoms with van der Waals surface area (Å²) in [5.41, 5.74) is 3.89. The van der Waals surface area contributed by atoms with E-state index in [4.69, 9.17) is 9.52 Å². The Hall–Kier alpha value is -2.96. The van der Waals surface area contributed by atoms with E-state index in [1.54, 1.807) is 13.0 Å². The Labute approximate surface area is 207 Å². The van der Waals surface area contributed by atoms with Gasteiger partial charge in [0.05, 0.1) is 6.61 Å². The Morgan fingerprint density at radius 2 is 2.06 bits per heavy atom. The van der Waals surface area contributed by atoms with Crippen molar-refractivity contribution in [3.05, 3.63) is 46.4 Å². The molecule has 0 spiro atoms. The first-order chi connectivity index (χ1) is 16.9. The third kappa shape index (κ3) is 6.83. The van der Waals surface area contributed by atoms with Gasteiger partial charge in [-0.15, -0.1) is 5.10 Å². The van der Waals surface area contributed by atoms with Crippen molar-refractivity contribution in [1.29, 1.82) is 0 Å². The minimum absolute atomic E-state index is 0.0704. The van der Waals surface area contributed by atoms with Crippen LogP contribution < -0.4 is 5.32 Å². The van der Waals surface area contributed by atoms with Crippen LogP contribution in [0, 0.1) is 19.8 Å². The average Bonchev–Trinajstić information content (AvgIpc) is 3.18. The largest absolute Gasteiger partial charge is 0.450 e. The maximum Gasteiger partial charge on any atom is 0.425 e. The first kappa shape index (κ1) is 27.6. The van der Waals surface area contributed by atoms with Gasteiger partial charge in [-0.1, -0.05) is 24.2 Å². The second-order valence-electron chi connectivity index (χ2n) is 9.04. The summed E-state index contributed by atoms with van der Waals surface area (Å²) < 4.78 is 48.4. The summed E-state index contributed by atoms with van der Waals surface area (Å²) in [5.74, 6) is -1.34. The predicted molar refractivity (Wildman–Crippen MR) is 124 cm³/mol. The molecule has 198 valence electrons. The van der Waals surface area contributed by atoms with Crippen LogP contribution in [-0.4, -0.2) is 63.3 Å². The molecule has 0 radical (unpaired) electrons. The summed E-state index contributed by atoms with van der Waals surface area (Å²) in [5, 5.41) is 29.3. The number of esters is 1. The SMILES string of the molecule is Cc1cc(CN2CCC=C(C(=O)O[C@H](C)C(F)(F)F)[C@@H](C)C2)c(C)c(Nc2nnc([C@@H](O)CO)o2)c1. The van der Waals surface area contributed by atoms with Crippen LogP contribution in [-0.2, 0) is 16.1 Å². The van der Waals surface area contributed by atoms with Crippen LogP contribution in [0.1, 0.15) is 49.0 Å². The molecule has 1 aromatic heterocycles. The molecule has 3 atom stereocenters. The Morgan fingerprint density at radius 1 is 1.33 bits per heavy atom. The molecule has 9 nitrogen and oxygen atoms in total. The summed E-state index contributed by atoms with van der Waals surface area (Å²) in [6.45, 7) is 7.60. The van der Waals surface area contributed by atoms with E-state index in [2.05, 4.69) is 25.2 Å². The third-order valence-electron chi connectivity index (χ3n) is 6.05. The van der Waals surface area contributed by atoms with Gasteiger partial charge >= 0.3 is 18.2 Å². The number of carbonyl (C=O) groups is 1. The van der Waals surface area contributed by atoms with Crippen LogP contribution in [0.4, 0.5) is 24.9 Å². The fraction of sp³-hybridized carbons (Fsp3) is 0.542. The number of hydrogen-bond donors (Lipinski definition) is 3. The summed E-state index contributed by atoms with van der Waals surface area (Å²) in [7, 11) is 0. The monoisotopic (exact) mass is 512 g/mol. The van der Waals surface area contributed by atoms with Crippen LogP contribution in [0.25, 0.3) is 0 Å². The number of nitrogens with zero attached hydrogens (tertiary/aromatic N) is 3. The lowest BCUT2D eigenvalue weighted by Gasteiger charge is -2.25. The molecule has 0 fully saturated rings. The number of alkyl halides is 3. The quantitative estimate of drug-likeness (QED) is 0.455. The van der Waals surface area contributed by atoms with Crippen molar-refractivity contribution in [3.63, 3.8) is 0 Å². The van der Waals surface area contributed by atoms with Crippen molar-refractivity contribution in [2.75, 3.05) is 25.0 Å². The molecule has 0 bridgehead atoms. The number of aliphatic hydroxyl groups excluding tert-OH is 2. The minimum atomic E-state index is -4.61. The standard InChI is InChI=1S/C24H31F3N4O5/c1-13-8-17(15(3)19(9-13)28-23-30-29-21(36-23)20(33)12-32)11-31-7-5-6-18(14(2)10-31)22(34)35-16(4)24(25,26)27/h6,8-9,14,16,20,32-33H,5,7,10-12H2,1-4H3,(H,28,30)/t14-,16+,20-/m0/s1. The highest BCUT2D eigenvalue weighted by molar-refractivity contribution is 5.89. The van der Waals surface area contributed by atoms with Crippen molar-refractivity contribution in [2.24, 2.45) is 5.92 Å². The lowest BCUT2D eigenvalue weighted by atomic mass is 10.00. The van der Waals surface area contributed by atoms with Crippen LogP contribution in [0.15, 0.2) is 28.2 Å². The number of halogens is 3. The lowest BCUT2D eigenvalue weighted by Crippen LogP contribution is -2.33. The lowest BCUT2D eigenvalue weighted by molar-refractivity contribution is -0.214. The highest BCUT2D eigenvalue weighted by atomic mass is 19.4. The molecular formula is C24H31F3N4O5. The number of aliphatic hydroxyl groups is 2. The van der Waals surface area contributed by atoms with E-state index in [-0.39, 0.29) is 23.4 Å². The number of aromatic nitrogens is 2. The van der Waals surface area contributed by atoms with E-state index >= 15 is 0 Å². The highest BCUT2D eigenvalue weighted by Gasteiger charge is 2.40. The number of anilines is 2. The molecule has 3 N–H and O–H groups in total. The minimum Gasteiger partial charge on any atom is -0.450 e. The van der Waals surface area contributed by atoms with Gasteiger partial charge in [0.1, 0.15) is 0 Å². The number of carbonyl (C=O) groups excluding carboxylic acids is 1. The fourth-order valence-corrected chi connectivity index (χ4v) is 3.99. The molecule has 0 aliphatic carbocycles. The molecule has 36 heavy (non-hydrogen) atoms. The van der Waals surface area contributed by atoms with E-state index < -0.39 is 31.0 Å². The number of benzene rings is 1. The van der Waals surface area contributed by atoms with Gasteiger partial charge in [0, 0.05) is 36.8 Å². The first-order valence-corrected chi connectivity index (χ1v) is 11.6. The van der Waals surface area contributed by atoms with Gasteiger partial charge in [-0.2, -0.15) is 13.2 Å². The molecule has 1 aromatic carbocycles. The van der Waals surface area contributed by atoms with Crippen molar-refractivity contribution < 1.29 is 37.3 Å². The summed E-state index contributed by atoms with van der Waals surface area (Å²) in [6, 6.07) is 4.02. The average molecular weight is 513 g/mol. The fourth-order valence-electron chi connectivity index (χ4n) is 3.99. The number of nitrogens with one attached hydrogen (secondary N) is 1. The molecule has 1 aliphatic rings. The maximum atomic E-state index is 12.8. The molecule has 1 aliphatic heterocycles. The van der Waals surface area contributed by atoms with E-state index in [0.29, 0.717) is 26.1 Å². The zero-order valence-electron chi connectivity index (χ0n) is 20.6. The van der Waals surface area contributed by atoms with Crippen molar-refractivity contribution in [2.45, 2.75) is 59.0 Å². The Kier molecular flexibility index (Phi) is 8.75. The van der Waals surface area contributed by atoms with Crippen LogP contribution in [0.2, 0.25) is 0 Å². The van der Waals surface area contributed by atoms with Gasteiger partial charge in [0.2, 0.25) is 5.89 Å². The van der Waals surface area contributed by atoms with Gasteiger partial charge in [-0.25, -0.2) is 4.79 Å². The van der Waals surface area contributed by atoms with Crippen LogP contribution in [0.3, 0.4) is 0 Å². The van der Waals surface area contributed by atoms with E-state index in [1.165, 1.54) is 0 Å². The highest BCUT2D eigenvalue weighted by Crippen LogP contribution is 2.29. The number of hydrogen-bond acceptors (Lipinski definition) is 9. The molecule has 0 amide bonds. The Balaban J connectivity index is 1.70. The first-order valence-electron chi connectivity index (χ1n) is 11.6. The summed E-state index contributed by atoms with van der Waals surface area (Å²) in [6.07, 6.45) is -5.87. The van der Waals surface area contributed by atoms with Crippen molar-refractivity contribution in [3.8, 4) is 0 Å². The molecule has 3 rings (SSSR count). The normalized spacial score (nSPS) is 18.8. The van der Waals surface area contributed by atoms with Gasteiger partial charge in [0.15, 0.2) is 12.2 Å². The van der Waals surface area contributed by atoms with Gasteiger partial charge in [0.25, 0.3) is 0 Å². The third-order valence-corrected chi connectivity index (χ3v) is 6.05. The van der Waals surface area contributed by atoms with Crippen LogP contribution >= 0.6 is 0 Å². The zero-order chi connectivity index (χ0) is 26.6. The topological polar surface area (TPSA) is 121 Å². The second kappa shape index (κ2) is 11.4. The summed E-state index contributed by atoms with van der Waals surface area (Å²) in [4.78, 5) is 14.5. The molecule has 0 saturated heterocycles. The Morgan fingerprint density at radius 3 is 2.72 bits per heavy atom. The molecule has 0 unspecified atom stereocenters. The van der Waals surface area contributed by atoms with E-state index in [9.17, 15) is 23.1 Å².